The summed E-state index contributed by atoms with van der Waals surface area (Å²) in [6.07, 6.45) is 0.963. The quantitative estimate of drug-likeness (QED) is 0.886. The molecular formula is C16H20Cl2N4O2. The number of halogens is 2. The number of nitrogens with zero attached hydrogens (tertiary/aromatic N) is 3. The third kappa shape index (κ3) is 4.39. The molecule has 1 atom stereocenters. The highest BCUT2D eigenvalue weighted by Gasteiger charge is 2.23. The first-order valence-electron chi connectivity index (χ1n) is 7.91. The number of carbonyl (C=O) groups excluding carboxylic acids is 1. The zero-order chi connectivity index (χ0) is 17.1. The van der Waals surface area contributed by atoms with Gasteiger partial charge in [-0.3, -0.25) is 9.80 Å². The van der Waals surface area contributed by atoms with Crippen LogP contribution in [-0.4, -0.2) is 56.0 Å². The summed E-state index contributed by atoms with van der Waals surface area (Å²) in [7, 11) is 2.03. The van der Waals surface area contributed by atoms with Crippen LogP contribution in [0.4, 0.5) is 5.69 Å². The van der Waals surface area contributed by atoms with Gasteiger partial charge in [-0.05, 0) is 25.2 Å². The Balaban J connectivity index is 1.55. The standard InChI is InChI=1S/C16H20Cl2N4O2/c1-21-6-7-24-12(10-21)9-16(23)19-15-4-5-22(20-15)11-2-3-13(17)14(18)8-11/h2-3,8,12H,4-7,9-10H2,1H3,(H,19,20,23). The van der Waals surface area contributed by atoms with Crippen molar-refractivity contribution >= 4 is 40.6 Å². The molecule has 24 heavy (non-hydrogen) atoms. The summed E-state index contributed by atoms with van der Waals surface area (Å²) >= 11 is 12.0. The number of benzene rings is 1. The predicted molar refractivity (Wildman–Crippen MR) is 95.9 cm³/mol. The van der Waals surface area contributed by atoms with E-state index in [1.807, 2.05) is 18.1 Å². The molecule has 0 radical (unpaired) electrons. The summed E-state index contributed by atoms with van der Waals surface area (Å²) in [6.45, 7) is 3.04. The van der Waals surface area contributed by atoms with Gasteiger partial charge in [0.1, 0.15) is 5.84 Å². The fourth-order valence-electron chi connectivity index (χ4n) is 2.79. The number of nitrogens with one attached hydrogen (secondary N) is 1. The molecule has 3 rings (SSSR count). The van der Waals surface area contributed by atoms with Crippen molar-refractivity contribution in [1.29, 1.82) is 0 Å². The van der Waals surface area contributed by atoms with Crippen molar-refractivity contribution in [2.45, 2.75) is 18.9 Å². The van der Waals surface area contributed by atoms with E-state index in [1.165, 1.54) is 0 Å². The molecule has 0 spiro atoms. The highest BCUT2D eigenvalue weighted by molar-refractivity contribution is 6.42. The van der Waals surface area contributed by atoms with E-state index in [0.29, 0.717) is 41.9 Å². The van der Waals surface area contributed by atoms with E-state index in [1.54, 1.807) is 12.1 Å². The first-order chi connectivity index (χ1) is 11.5. The van der Waals surface area contributed by atoms with Crippen molar-refractivity contribution in [1.82, 2.24) is 10.2 Å². The summed E-state index contributed by atoms with van der Waals surface area (Å²) in [5, 5.41) is 10.1. The number of likely N-dealkylation sites (N-methyl/N-ethyl adjacent to an activating group) is 1. The Morgan fingerprint density at radius 3 is 2.96 bits per heavy atom. The Labute approximate surface area is 151 Å². The third-order valence-corrected chi connectivity index (χ3v) is 4.78. The number of hydrogen-bond donors (Lipinski definition) is 1. The highest BCUT2D eigenvalue weighted by atomic mass is 35.5. The number of hydrazone groups is 1. The van der Waals surface area contributed by atoms with Crippen molar-refractivity contribution in [3.8, 4) is 0 Å². The molecule has 1 aromatic rings. The number of hydrogen-bond acceptors (Lipinski definition) is 5. The second kappa shape index (κ2) is 7.70. The number of morpholine rings is 1. The average molecular weight is 371 g/mol. The van der Waals surface area contributed by atoms with Crippen LogP contribution in [0.15, 0.2) is 23.3 Å². The summed E-state index contributed by atoms with van der Waals surface area (Å²) in [5.74, 6) is 0.597. The van der Waals surface area contributed by atoms with Gasteiger partial charge in [-0.2, -0.15) is 5.10 Å². The first-order valence-corrected chi connectivity index (χ1v) is 8.67. The molecule has 1 N–H and O–H groups in total. The van der Waals surface area contributed by atoms with Gasteiger partial charge in [0.05, 0.1) is 34.9 Å². The summed E-state index contributed by atoms with van der Waals surface area (Å²) in [5.41, 5.74) is 0.853. The smallest absolute Gasteiger partial charge is 0.227 e. The van der Waals surface area contributed by atoms with Gasteiger partial charge in [-0.15, -0.1) is 0 Å². The lowest BCUT2D eigenvalue weighted by Gasteiger charge is -2.29. The van der Waals surface area contributed by atoms with Crippen LogP contribution in [0.5, 0.6) is 0 Å². The van der Waals surface area contributed by atoms with Crippen LogP contribution in [0.3, 0.4) is 0 Å². The molecule has 2 heterocycles. The normalized spacial score (nSPS) is 21.7. The Kier molecular flexibility index (Phi) is 5.61. The van der Waals surface area contributed by atoms with E-state index < -0.39 is 0 Å². The molecule has 6 nitrogen and oxygen atoms in total. The number of ether oxygens (including phenoxy) is 1. The Morgan fingerprint density at radius 2 is 2.21 bits per heavy atom. The van der Waals surface area contributed by atoms with E-state index >= 15 is 0 Å². The number of amides is 1. The van der Waals surface area contributed by atoms with Gasteiger partial charge >= 0.3 is 0 Å². The van der Waals surface area contributed by atoms with Crippen LogP contribution in [0.2, 0.25) is 10.0 Å². The number of anilines is 1. The second-order valence-electron chi connectivity index (χ2n) is 6.03. The molecular weight excluding hydrogens is 351 g/mol. The minimum absolute atomic E-state index is 0.0584. The van der Waals surface area contributed by atoms with E-state index in [4.69, 9.17) is 27.9 Å². The van der Waals surface area contributed by atoms with Crippen molar-refractivity contribution in [3.63, 3.8) is 0 Å². The number of carbonyl (C=O) groups is 1. The zero-order valence-electron chi connectivity index (χ0n) is 13.5. The van der Waals surface area contributed by atoms with Crippen LogP contribution in [0.25, 0.3) is 0 Å². The predicted octanol–water partition coefficient (Wildman–Crippen LogP) is 2.35. The van der Waals surface area contributed by atoms with Crippen molar-refractivity contribution in [2.75, 3.05) is 38.3 Å². The molecule has 2 aliphatic heterocycles. The minimum atomic E-state index is -0.0648. The van der Waals surface area contributed by atoms with Gasteiger partial charge in [0.2, 0.25) is 5.91 Å². The van der Waals surface area contributed by atoms with Crippen molar-refractivity contribution in [2.24, 2.45) is 5.10 Å². The molecule has 1 unspecified atom stereocenters. The molecule has 2 aliphatic rings. The lowest BCUT2D eigenvalue weighted by molar-refractivity contribution is -0.124. The number of amidine groups is 1. The molecule has 1 saturated heterocycles. The summed E-state index contributed by atoms with van der Waals surface area (Å²) < 4.78 is 5.62. The Bertz CT molecular complexity index is 653. The Hall–Kier alpha value is -1.34. The van der Waals surface area contributed by atoms with E-state index in [-0.39, 0.29) is 12.0 Å². The molecule has 8 heteroatoms. The van der Waals surface area contributed by atoms with Gasteiger partial charge in [-0.1, -0.05) is 23.2 Å². The second-order valence-corrected chi connectivity index (χ2v) is 6.84. The summed E-state index contributed by atoms with van der Waals surface area (Å²) in [4.78, 5) is 14.3. The van der Waals surface area contributed by atoms with E-state index in [9.17, 15) is 4.79 Å². The molecule has 0 bridgehead atoms. The van der Waals surface area contributed by atoms with Crippen molar-refractivity contribution in [3.05, 3.63) is 28.2 Å². The van der Waals surface area contributed by atoms with Gasteiger partial charge in [-0.25, -0.2) is 0 Å². The van der Waals surface area contributed by atoms with Gasteiger partial charge in [0.15, 0.2) is 0 Å². The van der Waals surface area contributed by atoms with Crippen LogP contribution in [-0.2, 0) is 9.53 Å². The molecule has 1 fully saturated rings. The fraction of sp³-hybridized carbons (Fsp3) is 0.500. The zero-order valence-corrected chi connectivity index (χ0v) is 15.0. The Morgan fingerprint density at radius 1 is 1.38 bits per heavy atom. The molecule has 1 amide bonds. The number of rotatable bonds is 3. The van der Waals surface area contributed by atoms with Gasteiger partial charge in [0.25, 0.3) is 0 Å². The molecule has 0 saturated carbocycles. The van der Waals surface area contributed by atoms with Gasteiger partial charge in [0, 0.05) is 26.1 Å². The van der Waals surface area contributed by atoms with Crippen LogP contribution >= 0.6 is 23.2 Å². The fourth-order valence-corrected chi connectivity index (χ4v) is 3.08. The van der Waals surface area contributed by atoms with Crippen LogP contribution in [0, 0.1) is 0 Å². The lowest BCUT2D eigenvalue weighted by Crippen LogP contribution is -2.43. The average Bonchev–Trinajstić information content (AvgIpc) is 2.98. The van der Waals surface area contributed by atoms with Crippen molar-refractivity contribution < 1.29 is 9.53 Å². The van der Waals surface area contributed by atoms with E-state index in [0.717, 1.165) is 18.8 Å². The lowest BCUT2D eigenvalue weighted by atomic mass is 10.2. The van der Waals surface area contributed by atoms with Gasteiger partial charge < -0.3 is 15.0 Å². The van der Waals surface area contributed by atoms with E-state index in [2.05, 4.69) is 15.3 Å². The maximum atomic E-state index is 12.2. The maximum absolute atomic E-state index is 12.2. The molecule has 1 aromatic carbocycles. The summed E-state index contributed by atoms with van der Waals surface area (Å²) in [6, 6.07) is 5.36. The topological polar surface area (TPSA) is 57.2 Å². The molecule has 0 aromatic heterocycles. The maximum Gasteiger partial charge on any atom is 0.227 e. The highest BCUT2D eigenvalue weighted by Crippen LogP contribution is 2.28. The largest absolute Gasteiger partial charge is 0.375 e. The molecule has 0 aliphatic carbocycles. The third-order valence-electron chi connectivity index (χ3n) is 4.04. The minimum Gasteiger partial charge on any atom is -0.375 e. The van der Waals surface area contributed by atoms with Crippen LogP contribution in [0.1, 0.15) is 12.8 Å². The monoisotopic (exact) mass is 370 g/mol. The SMILES string of the molecule is CN1CCOC(CC(=O)NC2=NN(c3ccc(Cl)c(Cl)c3)CC2)C1. The molecule has 130 valence electrons. The van der Waals surface area contributed by atoms with Crippen LogP contribution < -0.4 is 10.3 Å². The first kappa shape index (κ1) is 17.5.